The van der Waals surface area contributed by atoms with Crippen molar-refractivity contribution in [2.75, 3.05) is 24.5 Å². The van der Waals surface area contributed by atoms with E-state index in [2.05, 4.69) is 34.0 Å². The van der Waals surface area contributed by atoms with Crippen LogP contribution in [0, 0.1) is 5.92 Å². The SMILES string of the molecule is CC(C)CNCC1CCCN1c1cc(OC(C)C)ncn1. The summed E-state index contributed by atoms with van der Waals surface area (Å²) in [5, 5.41) is 3.56. The standard InChI is InChI=1S/C16H28N4O/c1-12(2)9-17-10-14-6-5-7-20(14)15-8-16(19-11-18-15)21-13(3)4/h8,11-14,17H,5-7,9-10H2,1-4H3. The highest BCUT2D eigenvalue weighted by molar-refractivity contribution is 5.43. The van der Waals surface area contributed by atoms with Gasteiger partial charge in [-0.05, 0) is 39.2 Å². The molecule has 1 saturated heterocycles. The van der Waals surface area contributed by atoms with Crippen molar-refractivity contribution in [3.63, 3.8) is 0 Å². The molecule has 1 aromatic heterocycles. The lowest BCUT2D eigenvalue weighted by atomic mass is 10.2. The van der Waals surface area contributed by atoms with Crippen LogP contribution in [-0.2, 0) is 0 Å². The number of ether oxygens (including phenoxy) is 1. The van der Waals surface area contributed by atoms with Gasteiger partial charge in [0.25, 0.3) is 0 Å². The fourth-order valence-electron chi connectivity index (χ4n) is 2.68. The first kappa shape index (κ1) is 16.0. The smallest absolute Gasteiger partial charge is 0.218 e. The summed E-state index contributed by atoms with van der Waals surface area (Å²) in [4.78, 5) is 11.0. The number of hydrogen-bond acceptors (Lipinski definition) is 5. The minimum Gasteiger partial charge on any atom is -0.475 e. The minimum absolute atomic E-state index is 0.134. The number of nitrogens with zero attached hydrogens (tertiary/aromatic N) is 3. The molecule has 0 radical (unpaired) electrons. The average molecular weight is 292 g/mol. The summed E-state index contributed by atoms with van der Waals surface area (Å²) in [5.41, 5.74) is 0. The van der Waals surface area contributed by atoms with Gasteiger partial charge >= 0.3 is 0 Å². The van der Waals surface area contributed by atoms with Crippen LogP contribution in [0.1, 0.15) is 40.5 Å². The Balaban J connectivity index is 1.98. The highest BCUT2D eigenvalue weighted by Gasteiger charge is 2.25. The Kier molecular flexibility index (Phi) is 5.79. The highest BCUT2D eigenvalue weighted by Crippen LogP contribution is 2.25. The predicted molar refractivity (Wildman–Crippen MR) is 85.9 cm³/mol. The number of anilines is 1. The van der Waals surface area contributed by atoms with Gasteiger partial charge in [0, 0.05) is 25.2 Å². The molecule has 0 spiro atoms. The van der Waals surface area contributed by atoms with Crippen molar-refractivity contribution in [2.45, 2.75) is 52.7 Å². The fraction of sp³-hybridized carbons (Fsp3) is 0.750. The molecule has 0 saturated carbocycles. The first-order valence-electron chi connectivity index (χ1n) is 8.02. The number of hydrogen-bond donors (Lipinski definition) is 1. The molecule has 21 heavy (non-hydrogen) atoms. The third kappa shape index (κ3) is 4.84. The Morgan fingerprint density at radius 3 is 2.86 bits per heavy atom. The Hall–Kier alpha value is -1.36. The lowest BCUT2D eigenvalue weighted by molar-refractivity contribution is 0.232. The molecule has 0 aliphatic carbocycles. The second kappa shape index (κ2) is 7.59. The predicted octanol–water partition coefficient (Wildman–Crippen LogP) is 2.48. The van der Waals surface area contributed by atoms with E-state index in [0.717, 1.165) is 25.5 Å². The summed E-state index contributed by atoms with van der Waals surface area (Å²) >= 11 is 0. The summed E-state index contributed by atoms with van der Waals surface area (Å²) in [6, 6.07) is 2.48. The zero-order valence-corrected chi connectivity index (χ0v) is 13.7. The number of nitrogens with one attached hydrogen (secondary N) is 1. The quantitative estimate of drug-likeness (QED) is 0.836. The minimum atomic E-state index is 0.134. The molecule has 0 amide bonds. The molecule has 2 heterocycles. The molecule has 1 aromatic rings. The molecule has 2 rings (SSSR count). The van der Waals surface area contributed by atoms with Gasteiger partial charge < -0.3 is 15.0 Å². The van der Waals surface area contributed by atoms with Crippen molar-refractivity contribution in [3.8, 4) is 5.88 Å². The van der Waals surface area contributed by atoms with Crippen molar-refractivity contribution < 1.29 is 4.74 Å². The summed E-state index contributed by atoms with van der Waals surface area (Å²) in [6.07, 6.45) is 4.17. The summed E-state index contributed by atoms with van der Waals surface area (Å²) < 4.78 is 5.67. The van der Waals surface area contributed by atoms with Gasteiger partial charge in [0.15, 0.2) is 0 Å². The Bertz CT molecular complexity index is 436. The van der Waals surface area contributed by atoms with Crippen molar-refractivity contribution in [2.24, 2.45) is 5.92 Å². The van der Waals surface area contributed by atoms with E-state index >= 15 is 0 Å². The maximum Gasteiger partial charge on any atom is 0.218 e. The van der Waals surface area contributed by atoms with Crippen LogP contribution in [0.15, 0.2) is 12.4 Å². The van der Waals surface area contributed by atoms with E-state index in [1.54, 1.807) is 6.33 Å². The van der Waals surface area contributed by atoms with Gasteiger partial charge in [-0.2, -0.15) is 0 Å². The topological polar surface area (TPSA) is 50.3 Å². The summed E-state index contributed by atoms with van der Waals surface area (Å²) in [5.74, 6) is 2.33. The summed E-state index contributed by atoms with van der Waals surface area (Å²) in [7, 11) is 0. The molecule has 5 nitrogen and oxygen atoms in total. The second-order valence-corrected chi connectivity index (χ2v) is 6.42. The maximum absolute atomic E-state index is 5.67. The molecule has 0 bridgehead atoms. The molecule has 5 heteroatoms. The fourth-order valence-corrected chi connectivity index (χ4v) is 2.68. The maximum atomic E-state index is 5.67. The van der Waals surface area contributed by atoms with Gasteiger partial charge in [-0.15, -0.1) is 0 Å². The molecule has 1 aliphatic rings. The van der Waals surface area contributed by atoms with Crippen LogP contribution in [0.2, 0.25) is 0 Å². The zero-order chi connectivity index (χ0) is 15.2. The van der Waals surface area contributed by atoms with E-state index in [4.69, 9.17) is 4.74 Å². The van der Waals surface area contributed by atoms with Crippen molar-refractivity contribution >= 4 is 5.82 Å². The third-order valence-electron chi connectivity index (χ3n) is 3.59. The lowest BCUT2D eigenvalue weighted by Crippen LogP contribution is -2.39. The van der Waals surface area contributed by atoms with Crippen LogP contribution in [0.4, 0.5) is 5.82 Å². The van der Waals surface area contributed by atoms with Gasteiger partial charge in [-0.1, -0.05) is 13.8 Å². The molecule has 118 valence electrons. The largest absolute Gasteiger partial charge is 0.475 e. The van der Waals surface area contributed by atoms with Crippen LogP contribution in [0.5, 0.6) is 5.88 Å². The molecule has 1 atom stereocenters. The van der Waals surface area contributed by atoms with Crippen molar-refractivity contribution in [3.05, 3.63) is 12.4 Å². The highest BCUT2D eigenvalue weighted by atomic mass is 16.5. The number of aromatic nitrogens is 2. The van der Waals surface area contributed by atoms with E-state index in [-0.39, 0.29) is 6.10 Å². The average Bonchev–Trinajstić information content (AvgIpc) is 2.86. The van der Waals surface area contributed by atoms with E-state index in [1.165, 1.54) is 12.8 Å². The normalized spacial score (nSPS) is 18.8. The van der Waals surface area contributed by atoms with Crippen LogP contribution >= 0.6 is 0 Å². The van der Waals surface area contributed by atoms with Crippen LogP contribution in [0.3, 0.4) is 0 Å². The number of rotatable bonds is 7. The summed E-state index contributed by atoms with van der Waals surface area (Å²) in [6.45, 7) is 11.6. The second-order valence-electron chi connectivity index (χ2n) is 6.42. The molecular weight excluding hydrogens is 264 g/mol. The van der Waals surface area contributed by atoms with Crippen molar-refractivity contribution in [1.82, 2.24) is 15.3 Å². The van der Waals surface area contributed by atoms with Gasteiger partial charge in [-0.25, -0.2) is 9.97 Å². The molecule has 1 aliphatic heterocycles. The Morgan fingerprint density at radius 1 is 1.33 bits per heavy atom. The van der Waals surface area contributed by atoms with Crippen LogP contribution in [0.25, 0.3) is 0 Å². The van der Waals surface area contributed by atoms with E-state index in [9.17, 15) is 0 Å². The van der Waals surface area contributed by atoms with Crippen molar-refractivity contribution in [1.29, 1.82) is 0 Å². The first-order valence-corrected chi connectivity index (χ1v) is 8.02. The molecular formula is C16H28N4O. The first-order chi connectivity index (χ1) is 10.1. The molecule has 1 unspecified atom stereocenters. The Labute approximate surface area is 128 Å². The van der Waals surface area contributed by atoms with Gasteiger partial charge in [0.05, 0.1) is 6.10 Å². The van der Waals surface area contributed by atoms with Gasteiger partial charge in [0.1, 0.15) is 12.1 Å². The lowest BCUT2D eigenvalue weighted by Gasteiger charge is -2.26. The van der Waals surface area contributed by atoms with Crippen LogP contribution in [-0.4, -0.2) is 41.7 Å². The van der Waals surface area contributed by atoms with E-state index < -0.39 is 0 Å². The van der Waals surface area contributed by atoms with E-state index in [1.807, 2.05) is 19.9 Å². The third-order valence-corrected chi connectivity index (χ3v) is 3.59. The monoisotopic (exact) mass is 292 g/mol. The molecule has 0 aromatic carbocycles. The molecule has 1 N–H and O–H groups in total. The zero-order valence-electron chi connectivity index (χ0n) is 13.7. The van der Waals surface area contributed by atoms with E-state index in [0.29, 0.717) is 17.8 Å². The van der Waals surface area contributed by atoms with Crippen LogP contribution < -0.4 is 15.0 Å². The van der Waals surface area contributed by atoms with Gasteiger partial charge in [0.2, 0.25) is 5.88 Å². The van der Waals surface area contributed by atoms with Gasteiger partial charge in [-0.3, -0.25) is 0 Å². The Morgan fingerprint density at radius 2 is 2.14 bits per heavy atom. The molecule has 1 fully saturated rings.